The summed E-state index contributed by atoms with van der Waals surface area (Å²) in [5, 5.41) is 0. The zero-order valence-electron chi connectivity index (χ0n) is 8.72. The molecule has 0 aliphatic carbocycles. The van der Waals surface area contributed by atoms with Crippen LogP contribution < -0.4 is 5.73 Å². The Morgan fingerprint density at radius 3 is 2.40 bits per heavy atom. The summed E-state index contributed by atoms with van der Waals surface area (Å²) in [5.41, 5.74) is 7.94. The Labute approximate surface area is 89.8 Å². The first-order valence-electron chi connectivity index (χ1n) is 5.05. The fourth-order valence-electron chi connectivity index (χ4n) is 1.62. The number of anilines is 1. The van der Waals surface area contributed by atoms with Gasteiger partial charge in [0.1, 0.15) is 5.82 Å². The summed E-state index contributed by atoms with van der Waals surface area (Å²) in [5.74, 6) is 0.866. The van der Waals surface area contributed by atoms with Gasteiger partial charge in [-0.25, -0.2) is 4.98 Å². The van der Waals surface area contributed by atoms with Crippen LogP contribution in [-0.2, 0) is 0 Å². The van der Waals surface area contributed by atoms with E-state index in [1.807, 2.05) is 30.3 Å². The number of hydrogen-bond acceptors (Lipinski definition) is 2. The van der Waals surface area contributed by atoms with Gasteiger partial charge in [0, 0.05) is 11.6 Å². The Bertz CT molecular complexity index is 437. The maximum Gasteiger partial charge on any atom is 0.123 e. The van der Waals surface area contributed by atoms with Crippen LogP contribution in [0.1, 0.15) is 24.1 Å². The largest absolute Gasteiger partial charge is 0.384 e. The summed E-state index contributed by atoms with van der Waals surface area (Å²) in [6.07, 6.45) is 0. The van der Waals surface area contributed by atoms with Gasteiger partial charge in [-0.1, -0.05) is 43.3 Å². The molecule has 1 aromatic carbocycles. The third-order valence-electron chi connectivity index (χ3n) is 2.54. The summed E-state index contributed by atoms with van der Waals surface area (Å²) in [6, 6.07) is 16.1. The quantitative estimate of drug-likeness (QED) is 0.805. The van der Waals surface area contributed by atoms with Gasteiger partial charge in [0.05, 0.1) is 0 Å². The monoisotopic (exact) mass is 198 g/mol. The van der Waals surface area contributed by atoms with Gasteiger partial charge >= 0.3 is 0 Å². The van der Waals surface area contributed by atoms with Crippen molar-refractivity contribution in [1.82, 2.24) is 4.98 Å². The first-order valence-corrected chi connectivity index (χ1v) is 5.05. The molecular formula is C13H14N2. The molecule has 0 saturated heterocycles. The Balaban J connectivity index is 2.32. The van der Waals surface area contributed by atoms with E-state index in [0.29, 0.717) is 5.82 Å². The van der Waals surface area contributed by atoms with Gasteiger partial charge in [0.2, 0.25) is 0 Å². The highest BCUT2D eigenvalue weighted by molar-refractivity contribution is 5.34. The molecule has 0 radical (unpaired) electrons. The van der Waals surface area contributed by atoms with Crippen LogP contribution in [0.25, 0.3) is 0 Å². The topological polar surface area (TPSA) is 38.9 Å². The maximum atomic E-state index is 5.66. The Kier molecular flexibility index (Phi) is 2.68. The summed E-state index contributed by atoms with van der Waals surface area (Å²) in [4.78, 5) is 4.33. The molecule has 1 aromatic heterocycles. The fourth-order valence-corrected chi connectivity index (χ4v) is 1.62. The summed E-state index contributed by atoms with van der Waals surface area (Å²) < 4.78 is 0. The van der Waals surface area contributed by atoms with E-state index in [0.717, 1.165) is 5.69 Å². The number of pyridine rings is 1. The van der Waals surface area contributed by atoms with Crippen LogP contribution in [-0.4, -0.2) is 4.98 Å². The molecule has 2 heteroatoms. The van der Waals surface area contributed by atoms with E-state index >= 15 is 0 Å². The molecule has 2 rings (SSSR count). The van der Waals surface area contributed by atoms with Gasteiger partial charge in [-0.3, -0.25) is 0 Å². The Morgan fingerprint density at radius 2 is 1.73 bits per heavy atom. The molecule has 0 spiro atoms. The number of hydrogen-bond donors (Lipinski definition) is 1. The minimum absolute atomic E-state index is 0.287. The van der Waals surface area contributed by atoms with Crippen molar-refractivity contribution < 1.29 is 0 Å². The summed E-state index contributed by atoms with van der Waals surface area (Å²) in [7, 11) is 0. The minimum Gasteiger partial charge on any atom is -0.384 e. The number of nitrogen functional groups attached to an aromatic ring is 1. The Morgan fingerprint density at radius 1 is 1.00 bits per heavy atom. The van der Waals surface area contributed by atoms with E-state index in [9.17, 15) is 0 Å². The van der Waals surface area contributed by atoms with Gasteiger partial charge in [-0.05, 0) is 17.7 Å². The van der Waals surface area contributed by atoms with Crippen LogP contribution in [0.3, 0.4) is 0 Å². The molecule has 15 heavy (non-hydrogen) atoms. The SMILES string of the molecule is CC(c1ccccc1)c1cccc(N)n1. The van der Waals surface area contributed by atoms with E-state index in [1.165, 1.54) is 5.56 Å². The number of rotatable bonds is 2. The second-order valence-electron chi connectivity index (χ2n) is 3.62. The molecule has 0 fully saturated rings. The molecule has 0 aliphatic rings. The molecule has 1 heterocycles. The fraction of sp³-hybridized carbons (Fsp3) is 0.154. The normalized spacial score (nSPS) is 12.3. The van der Waals surface area contributed by atoms with E-state index in [1.54, 1.807) is 6.07 Å². The average molecular weight is 198 g/mol. The van der Waals surface area contributed by atoms with Crippen molar-refractivity contribution in [3.63, 3.8) is 0 Å². The summed E-state index contributed by atoms with van der Waals surface area (Å²) >= 11 is 0. The molecule has 1 unspecified atom stereocenters. The van der Waals surface area contributed by atoms with Crippen molar-refractivity contribution in [2.24, 2.45) is 0 Å². The van der Waals surface area contributed by atoms with Gasteiger partial charge < -0.3 is 5.73 Å². The predicted octanol–water partition coefficient (Wildman–Crippen LogP) is 2.82. The highest BCUT2D eigenvalue weighted by Crippen LogP contribution is 2.22. The van der Waals surface area contributed by atoms with E-state index < -0.39 is 0 Å². The first-order chi connectivity index (χ1) is 7.27. The van der Waals surface area contributed by atoms with Crippen LogP contribution in [0, 0.1) is 0 Å². The zero-order valence-corrected chi connectivity index (χ0v) is 8.72. The van der Waals surface area contributed by atoms with Crippen LogP contribution >= 0.6 is 0 Å². The summed E-state index contributed by atoms with van der Waals surface area (Å²) in [6.45, 7) is 2.14. The number of benzene rings is 1. The van der Waals surface area contributed by atoms with Crippen molar-refractivity contribution in [2.45, 2.75) is 12.8 Å². The standard InChI is InChI=1S/C13H14N2/c1-10(11-6-3-2-4-7-11)12-8-5-9-13(14)15-12/h2-10H,1H3,(H2,14,15). The second kappa shape index (κ2) is 4.13. The van der Waals surface area contributed by atoms with E-state index in [4.69, 9.17) is 5.73 Å². The smallest absolute Gasteiger partial charge is 0.123 e. The van der Waals surface area contributed by atoms with Gasteiger partial charge in [-0.2, -0.15) is 0 Å². The number of nitrogens with two attached hydrogens (primary N) is 1. The maximum absolute atomic E-state index is 5.66. The molecule has 0 aliphatic heterocycles. The van der Waals surface area contributed by atoms with E-state index in [2.05, 4.69) is 24.0 Å². The molecule has 2 N–H and O–H groups in total. The van der Waals surface area contributed by atoms with Gasteiger partial charge in [-0.15, -0.1) is 0 Å². The number of nitrogens with zero attached hydrogens (tertiary/aromatic N) is 1. The van der Waals surface area contributed by atoms with Gasteiger partial charge in [0.15, 0.2) is 0 Å². The van der Waals surface area contributed by atoms with Crippen molar-refractivity contribution in [3.8, 4) is 0 Å². The number of aromatic nitrogens is 1. The zero-order chi connectivity index (χ0) is 10.7. The third kappa shape index (κ3) is 2.15. The third-order valence-corrected chi connectivity index (χ3v) is 2.54. The molecule has 1 atom stereocenters. The average Bonchev–Trinajstić information content (AvgIpc) is 2.29. The lowest BCUT2D eigenvalue weighted by Gasteiger charge is -2.11. The highest BCUT2D eigenvalue weighted by Gasteiger charge is 2.08. The van der Waals surface area contributed by atoms with Gasteiger partial charge in [0.25, 0.3) is 0 Å². The molecule has 0 amide bonds. The highest BCUT2D eigenvalue weighted by atomic mass is 14.8. The molecular weight excluding hydrogens is 184 g/mol. The molecule has 2 aromatic rings. The Hall–Kier alpha value is -1.83. The van der Waals surface area contributed by atoms with Crippen molar-refractivity contribution in [1.29, 1.82) is 0 Å². The molecule has 0 bridgehead atoms. The van der Waals surface area contributed by atoms with Crippen molar-refractivity contribution in [3.05, 3.63) is 59.8 Å². The van der Waals surface area contributed by atoms with Crippen molar-refractivity contribution in [2.75, 3.05) is 5.73 Å². The van der Waals surface area contributed by atoms with Crippen LogP contribution in [0.5, 0.6) is 0 Å². The molecule has 0 saturated carbocycles. The molecule has 2 nitrogen and oxygen atoms in total. The van der Waals surface area contributed by atoms with Crippen LogP contribution in [0.4, 0.5) is 5.82 Å². The van der Waals surface area contributed by atoms with Crippen molar-refractivity contribution >= 4 is 5.82 Å². The van der Waals surface area contributed by atoms with Crippen LogP contribution in [0.15, 0.2) is 48.5 Å². The van der Waals surface area contributed by atoms with Crippen LogP contribution in [0.2, 0.25) is 0 Å². The lowest BCUT2D eigenvalue weighted by molar-refractivity contribution is 0.874. The molecule has 76 valence electrons. The predicted molar refractivity (Wildman–Crippen MR) is 62.6 cm³/mol. The second-order valence-corrected chi connectivity index (χ2v) is 3.62. The van der Waals surface area contributed by atoms with E-state index in [-0.39, 0.29) is 5.92 Å². The lowest BCUT2D eigenvalue weighted by Crippen LogP contribution is -2.01. The lowest BCUT2D eigenvalue weighted by atomic mass is 9.97. The minimum atomic E-state index is 0.287. The first kappa shape index (κ1) is 9.71.